The Kier molecular flexibility index (Phi) is 3.77. The Morgan fingerprint density at radius 2 is 1.67 bits per heavy atom. The van der Waals surface area contributed by atoms with E-state index < -0.39 is 23.2 Å². The fourth-order valence-corrected chi connectivity index (χ4v) is 2.55. The van der Waals surface area contributed by atoms with Gasteiger partial charge in [0.15, 0.2) is 0 Å². The van der Waals surface area contributed by atoms with Gasteiger partial charge < -0.3 is 9.31 Å². The maximum atomic E-state index is 10.8. The van der Waals surface area contributed by atoms with Crippen LogP contribution in [-0.2, 0) is 9.31 Å². The number of nitro groups is 1. The van der Waals surface area contributed by atoms with Gasteiger partial charge in [-0.05, 0) is 52.8 Å². The highest BCUT2D eigenvalue weighted by atomic mass is 16.7. The predicted octanol–water partition coefficient (Wildman–Crippen LogP) is 2.39. The summed E-state index contributed by atoms with van der Waals surface area (Å²) in [6.45, 7) is 9.89. The smallest absolute Gasteiger partial charge is 0.398 e. The number of hydrogen-bond donors (Lipinski definition) is 0. The standard InChI is InChI=1S/C16H20BN3O4/c1-11-10-14(17-23-15(2,3)16(4,5)24-17)18-19(11)12-6-8-13(9-7-12)20(21)22/h6-10H,1-5H3. The van der Waals surface area contributed by atoms with Gasteiger partial charge in [-0.25, -0.2) is 4.68 Å². The van der Waals surface area contributed by atoms with Gasteiger partial charge in [-0.15, -0.1) is 0 Å². The lowest BCUT2D eigenvalue weighted by molar-refractivity contribution is -0.384. The second-order valence-corrected chi connectivity index (χ2v) is 6.98. The summed E-state index contributed by atoms with van der Waals surface area (Å²) in [5.74, 6) is 0. The van der Waals surface area contributed by atoms with Crippen molar-refractivity contribution in [1.82, 2.24) is 9.78 Å². The van der Waals surface area contributed by atoms with Crippen LogP contribution in [0.3, 0.4) is 0 Å². The molecule has 1 fully saturated rings. The summed E-state index contributed by atoms with van der Waals surface area (Å²) in [4.78, 5) is 10.3. The SMILES string of the molecule is Cc1cc(B2OC(C)(C)C(C)(C)O2)nn1-c1ccc([N+](=O)[O-])cc1. The van der Waals surface area contributed by atoms with Gasteiger partial charge in [-0.3, -0.25) is 10.1 Å². The van der Waals surface area contributed by atoms with E-state index >= 15 is 0 Å². The van der Waals surface area contributed by atoms with Gasteiger partial charge in [0.2, 0.25) is 0 Å². The molecule has 24 heavy (non-hydrogen) atoms. The second kappa shape index (κ2) is 5.42. The molecule has 7 nitrogen and oxygen atoms in total. The van der Waals surface area contributed by atoms with Gasteiger partial charge in [-0.2, -0.15) is 5.10 Å². The number of benzene rings is 1. The van der Waals surface area contributed by atoms with E-state index in [0.717, 1.165) is 11.4 Å². The predicted molar refractivity (Wildman–Crippen MR) is 90.7 cm³/mol. The van der Waals surface area contributed by atoms with Crippen molar-refractivity contribution in [3.8, 4) is 5.69 Å². The zero-order valence-corrected chi connectivity index (χ0v) is 14.4. The summed E-state index contributed by atoms with van der Waals surface area (Å²) in [6, 6.07) is 8.18. The minimum atomic E-state index is -0.534. The third kappa shape index (κ3) is 2.72. The molecule has 0 bridgehead atoms. The van der Waals surface area contributed by atoms with Crippen LogP contribution in [0.15, 0.2) is 30.3 Å². The summed E-state index contributed by atoms with van der Waals surface area (Å²) in [5, 5.41) is 15.3. The van der Waals surface area contributed by atoms with E-state index in [-0.39, 0.29) is 5.69 Å². The van der Waals surface area contributed by atoms with Crippen molar-refractivity contribution in [2.45, 2.75) is 45.8 Å². The van der Waals surface area contributed by atoms with Crippen molar-refractivity contribution < 1.29 is 14.2 Å². The Balaban J connectivity index is 1.90. The number of hydrogen-bond acceptors (Lipinski definition) is 5. The maximum Gasteiger partial charge on any atom is 0.516 e. The Labute approximate surface area is 140 Å². The van der Waals surface area contributed by atoms with Crippen LogP contribution in [0.5, 0.6) is 0 Å². The van der Waals surface area contributed by atoms with Crippen LogP contribution in [0.2, 0.25) is 0 Å². The molecule has 0 spiro atoms. The molecule has 0 amide bonds. The lowest BCUT2D eigenvalue weighted by atomic mass is 9.85. The first-order valence-corrected chi connectivity index (χ1v) is 7.78. The van der Waals surface area contributed by atoms with Crippen molar-refractivity contribution in [1.29, 1.82) is 0 Å². The number of nitrogens with zero attached hydrogens (tertiary/aromatic N) is 3. The van der Waals surface area contributed by atoms with Crippen LogP contribution >= 0.6 is 0 Å². The molecular weight excluding hydrogens is 309 g/mol. The molecule has 0 saturated carbocycles. The topological polar surface area (TPSA) is 79.4 Å². The number of aryl methyl sites for hydroxylation is 1. The van der Waals surface area contributed by atoms with Crippen molar-refractivity contribution in [2.24, 2.45) is 0 Å². The van der Waals surface area contributed by atoms with Crippen LogP contribution in [0, 0.1) is 17.0 Å². The van der Waals surface area contributed by atoms with Gasteiger partial charge in [0, 0.05) is 17.8 Å². The molecule has 3 rings (SSSR count). The van der Waals surface area contributed by atoms with Crippen LogP contribution in [0.1, 0.15) is 33.4 Å². The fraction of sp³-hybridized carbons (Fsp3) is 0.438. The Morgan fingerprint density at radius 3 is 2.17 bits per heavy atom. The van der Waals surface area contributed by atoms with Crippen molar-refractivity contribution in [3.05, 3.63) is 46.1 Å². The number of nitro benzene ring substituents is 1. The monoisotopic (exact) mass is 329 g/mol. The Hall–Kier alpha value is -2.19. The van der Waals surface area contributed by atoms with Gasteiger partial charge in [0.1, 0.15) is 0 Å². The minimum Gasteiger partial charge on any atom is -0.398 e. The van der Waals surface area contributed by atoms with Crippen molar-refractivity contribution >= 4 is 18.4 Å². The molecule has 0 unspecified atom stereocenters. The van der Waals surface area contributed by atoms with Gasteiger partial charge in [0.05, 0.1) is 27.4 Å². The molecule has 8 heteroatoms. The van der Waals surface area contributed by atoms with Crippen LogP contribution in [0.4, 0.5) is 5.69 Å². The molecule has 2 heterocycles. The summed E-state index contributed by atoms with van der Waals surface area (Å²) >= 11 is 0. The molecule has 1 aliphatic heterocycles. The largest absolute Gasteiger partial charge is 0.516 e. The molecule has 1 aromatic heterocycles. The first-order valence-electron chi connectivity index (χ1n) is 7.78. The first kappa shape index (κ1) is 16.7. The number of non-ortho nitro benzene ring substituents is 1. The van der Waals surface area contributed by atoms with E-state index in [1.54, 1.807) is 16.8 Å². The zero-order valence-electron chi connectivity index (χ0n) is 14.4. The average Bonchev–Trinajstić information content (AvgIpc) is 2.97. The molecule has 0 N–H and O–H groups in total. The summed E-state index contributed by atoms with van der Waals surface area (Å²) in [6.07, 6.45) is 0. The highest BCUT2D eigenvalue weighted by Crippen LogP contribution is 2.36. The van der Waals surface area contributed by atoms with E-state index in [9.17, 15) is 10.1 Å². The average molecular weight is 329 g/mol. The lowest BCUT2D eigenvalue weighted by Crippen LogP contribution is -2.41. The fourth-order valence-electron chi connectivity index (χ4n) is 2.55. The van der Waals surface area contributed by atoms with Gasteiger partial charge >= 0.3 is 7.12 Å². The highest BCUT2D eigenvalue weighted by Gasteiger charge is 2.52. The highest BCUT2D eigenvalue weighted by molar-refractivity contribution is 6.61. The van der Waals surface area contributed by atoms with Gasteiger partial charge in [-0.1, -0.05) is 0 Å². The third-order valence-corrected chi connectivity index (χ3v) is 4.71. The molecule has 0 aliphatic carbocycles. The third-order valence-electron chi connectivity index (χ3n) is 4.71. The maximum absolute atomic E-state index is 10.8. The van der Waals surface area contributed by atoms with E-state index in [1.807, 2.05) is 40.7 Å². The Bertz CT molecular complexity index is 767. The quantitative estimate of drug-likeness (QED) is 0.491. The minimum absolute atomic E-state index is 0.0507. The van der Waals surface area contributed by atoms with Crippen LogP contribution in [0.25, 0.3) is 5.69 Å². The molecule has 0 radical (unpaired) electrons. The normalized spacial score (nSPS) is 18.8. The molecule has 1 aromatic carbocycles. The molecule has 0 atom stereocenters. The molecule has 126 valence electrons. The summed E-state index contributed by atoms with van der Waals surface area (Å²) < 4.78 is 13.8. The summed E-state index contributed by atoms with van der Waals surface area (Å²) in [7, 11) is -0.534. The Morgan fingerprint density at radius 1 is 1.12 bits per heavy atom. The second-order valence-electron chi connectivity index (χ2n) is 6.98. The number of rotatable bonds is 3. The summed E-state index contributed by atoms with van der Waals surface area (Å²) in [5.41, 5.74) is 1.53. The first-order chi connectivity index (χ1) is 11.1. The molecule has 1 saturated heterocycles. The lowest BCUT2D eigenvalue weighted by Gasteiger charge is -2.32. The molecular formula is C16H20BN3O4. The van der Waals surface area contributed by atoms with Crippen molar-refractivity contribution in [3.63, 3.8) is 0 Å². The van der Waals surface area contributed by atoms with Gasteiger partial charge in [0.25, 0.3) is 5.69 Å². The van der Waals surface area contributed by atoms with Crippen LogP contribution in [-0.4, -0.2) is 33.0 Å². The molecule has 1 aliphatic rings. The van der Waals surface area contributed by atoms with E-state index in [1.165, 1.54) is 12.1 Å². The van der Waals surface area contributed by atoms with E-state index in [2.05, 4.69) is 5.10 Å². The van der Waals surface area contributed by atoms with E-state index in [0.29, 0.717) is 5.59 Å². The zero-order chi connectivity index (χ0) is 17.7. The van der Waals surface area contributed by atoms with Crippen molar-refractivity contribution in [2.75, 3.05) is 0 Å². The van der Waals surface area contributed by atoms with E-state index in [4.69, 9.17) is 9.31 Å². The van der Waals surface area contributed by atoms with Crippen LogP contribution < -0.4 is 5.59 Å². The number of aromatic nitrogens is 2. The molecule has 2 aromatic rings.